The SMILES string of the molecule is C[C@@H](Oc1cc(Br)cnc1[N+](=O)[O-])c1cc(F)ccc1-n1nc(C(F)(F)F)cc1Cc1cnn(CC2CC2)c1. The Balaban J connectivity index is 1.53. The molecule has 1 saturated carbocycles. The summed E-state index contributed by atoms with van der Waals surface area (Å²) in [5, 5.41) is 19.6. The average molecular weight is 609 g/mol. The van der Waals surface area contributed by atoms with E-state index in [9.17, 15) is 27.7 Å². The third-order valence-corrected chi connectivity index (χ3v) is 6.65. The molecule has 1 fully saturated rings. The molecule has 5 rings (SSSR count). The van der Waals surface area contributed by atoms with Crippen molar-refractivity contribution in [3.63, 3.8) is 0 Å². The van der Waals surface area contributed by atoms with Crippen molar-refractivity contribution < 1.29 is 27.2 Å². The largest absolute Gasteiger partial charge is 0.478 e. The lowest BCUT2D eigenvalue weighted by Gasteiger charge is -2.19. The second kappa shape index (κ2) is 10.4. The minimum Gasteiger partial charge on any atom is -0.478 e. The molecule has 0 aliphatic heterocycles. The van der Waals surface area contributed by atoms with Gasteiger partial charge in [-0.05, 0) is 81.3 Å². The summed E-state index contributed by atoms with van der Waals surface area (Å²) in [4.78, 5) is 14.4. The van der Waals surface area contributed by atoms with Crippen LogP contribution in [0.5, 0.6) is 5.75 Å². The van der Waals surface area contributed by atoms with Gasteiger partial charge in [-0.25, -0.2) is 9.07 Å². The Bertz CT molecular complexity index is 1530. The molecule has 14 heteroatoms. The molecule has 0 amide bonds. The van der Waals surface area contributed by atoms with Crippen LogP contribution in [-0.4, -0.2) is 29.5 Å². The molecule has 0 saturated heterocycles. The number of aromatic nitrogens is 5. The summed E-state index contributed by atoms with van der Waals surface area (Å²) in [7, 11) is 0. The number of nitrogens with zero attached hydrogens (tertiary/aromatic N) is 6. The van der Waals surface area contributed by atoms with Crippen LogP contribution in [0.15, 0.2) is 53.4 Å². The maximum Gasteiger partial charge on any atom is 0.435 e. The van der Waals surface area contributed by atoms with Crippen molar-refractivity contribution in [2.45, 2.75) is 45.0 Å². The number of alkyl halides is 3. The highest BCUT2D eigenvalue weighted by molar-refractivity contribution is 9.10. The summed E-state index contributed by atoms with van der Waals surface area (Å²) in [6.07, 6.45) is 1.21. The van der Waals surface area contributed by atoms with E-state index in [1.807, 2.05) is 0 Å². The van der Waals surface area contributed by atoms with Gasteiger partial charge in [-0.3, -0.25) is 4.68 Å². The number of hydrogen-bond acceptors (Lipinski definition) is 6. The number of nitro groups is 1. The standard InChI is InChI=1S/C25H21BrF4N6O3/c1-14(39-22-7-17(26)11-31-24(22)36(37)38)20-8-18(27)4-5-21(20)35-19(9-23(33-35)25(28,29)30)6-16-10-32-34(13-16)12-15-2-3-15/h4-5,7-11,13-15H,2-3,6,12H2,1H3/t14-/m1/s1. The van der Waals surface area contributed by atoms with E-state index in [0.717, 1.165) is 42.3 Å². The fraction of sp³-hybridized carbons (Fsp3) is 0.320. The van der Waals surface area contributed by atoms with Crippen molar-refractivity contribution >= 4 is 21.7 Å². The molecule has 3 heterocycles. The Morgan fingerprint density at radius 3 is 2.69 bits per heavy atom. The van der Waals surface area contributed by atoms with Crippen molar-refractivity contribution in [3.05, 3.63) is 91.8 Å². The van der Waals surface area contributed by atoms with Gasteiger partial charge in [0.2, 0.25) is 5.75 Å². The van der Waals surface area contributed by atoms with Crippen LogP contribution < -0.4 is 4.74 Å². The zero-order valence-electron chi connectivity index (χ0n) is 20.4. The molecule has 0 N–H and O–H groups in total. The van der Waals surface area contributed by atoms with Crippen LogP contribution in [0.3, 0.4) is 0 Å². The van der Waals surface area contributed by atoms with Crippen LogP contribution >= 0.6 is 15.9 Å². The highest BCUT2D eigenvalue weighted by atomic mass is 79.9. The Labute approximate surface area is 227 Å². The van der Waals surface area contributed by atoms with Gasteiger partial charge in [-0.1, -0.05) is 0 Å². The summed E-state index contributed by atoms with van der Waals surface area (Å²) >= 11 is 3.18. The maximum absolute atomic E-state index is 14.4. The van der Waals surface area contributed by atoms with Gasteiger partial charge >= 0.3 is 12.0 Å². The van der Waals surface area contributed by atoms with Crippen molar-refractivity contribution in [2.24, 2.45) is 5.92 Å². The molecule has 39 heavy (non-hydrogen) atoms. The van der Waals surface area contributed by atoms with Crippen LogP contribution in [0.2, 0.25) is 0 Å². The fourth-order valence-corrected chi connectivity index (χ4v) is 4.51. The molecule has 1 aromatic carbocycles. The monoisotopic (exact) mass is 608 g/mol. The first-order valence-electron chi connectivity index (χ1n) is 11.9. The number of ether oxygens (including phenoxy) is 1. The first-order chi connectivity index (χ1) is 18.5. The summed E-state index contributed by atoms with van der Waals surface area (Å²) in [6, 6.07) is 5.77. The van der Waals surface area contributed by atoms with Crippen molar-refractivity contribution in [1.29, 1.82) is 0 Å². The lowest BCUT2D eigenvalue weighted by Crippen LogP contribution is -2.13. The number of rotatable bonds is 9. The smallest absolute Gasteiger partial charge is 0.435 e. The highest BCUT2D eigenvalue weighted by Gasteiger charge is 2.36. The van der Waals surface area contributed by atoms with Crippen LogP contribution in [0, 0.1) is 21.8 Å². The molecule has 204 valence electrons. The topological polar surface area (TPSA) is 101 Å². The maximum atomic E-state index is 14.4. The molecule has 0 bridgehead atoms. The van der Waals surface area contributed by atoms with Crippen molar-refractivity contribution in [3.8, 4) is 11.4 Å². The molecule has 0 spiro atoms. The zero-order chi connectivity index (χ0) is 27.9. The van der Waals surface area contributed by atoms with Gasteiger partial charge in [0, 0.05) is 36.5 Å². The Hall–Kier alpha value is -3.81. The molecule has 1 aliphatic carbocycles. The number of hydrogen-bond donors (Lipinski definition) is 0. The Morgan fingerprint density at radius 2 is 2.00 bits per heavy atom. The highest BCUT2D eigenvalue weighted by Crippen LogP contribution is 2.36. The lowest BCUT2D eigenvalue weighted by molar-refractivity contribution is -0.390. The quantitative estimate of drug-likeness (QED) is 0.123. The summed E-state index contributed by atoms with van der Waals surface area (Å²) < 4.78 is 64.6. The summed E-state index contributed by atoms with van der Waals surface area (Å²) in [5.74, 6) is -0.862. The van der Waals surface area contributed by atoms with E-state index < -0.39 is 34.5 Å². The molecule has 0 unspecified atom stereocenters. The Morgan fingerprint density at radius 1 is 1.23 bits per heavy atom. The minimum absolute atomic E-state index is 0.0842. The third-order valence-electron chi connectivity index (χ3n) is 6.22. The molecule has 1 aliphatic rings. The molecule has 0 radical (unpaired) electrons. The van der Waals surface area contributed by atoms with E-state index in [0.29, 0.717) is 16.0 Å². The third kappa shape index (κ3) is 6.10. The normalized spacial score (nSPS) is 14.4. The predicted molar refractivity (Wildman–Crippen MR) is 134 cm³/mol. The van der Waals surface area contributed by atoms with Crippen molar-refractivity contribution in [1.82, 2.24) is 24.5 Å². The molecular formula is C25H21BrF4N6O3. The van der Waals surface area contributed by atoms with Gasteiger partial charge in [0.05, 0.1) is 16.4 Å². The van der Waals surface area contributed by atoms with E-state index in [4.69, 9.17) is 4.74 Å². The van der Waals surface area contributed by atoms with Gasteiger partial charge in [0.1, 0.15) is 11.9 Å². The van der Waals surface area contributed by atoms with Crippen LogP contribution in [0.1, 0.15) is 48.4 Å². The van der Waals surface area contributed by atoms with E-state index in [2.05, 4.69) is 31.1 Å². The van der Waals surface area contributed by atoms with E-state index in [1.165, 1.54) is 25.3 Å². The molecule has 1 atom stereocenters. The first-order valence-corrected chi connectivity index (χ1v) is 12.7. The van der Waals surface area contributed by atoms with Crippen LogP contribution in [0.25, 0.3) is 5.69 Å². The van der Waals surface area contributed by atoms with Gasteiger partial charge < -0.3 is 14.9 Å². The van der Waals surface area contributed by atoms with E-state index in [1.54, 1.807) is 17.1 Å². The second-order valence-electron chi connectivity index (χ2n) is 9.32. The first kappa shape index (κ1) is 26.8. The molecular weight excluding hydrogens is 588 g/mol. The van der Waals surface area contributed by atoms with Gasteiger partial charge in [-0.15, -0.1) is 0 Å². The predicted octanol–water partition coefficient (Wildman–Crippen LogP) is 6.43. The average Bonchev–Trinajstić information content (AvgIpc) is 3.39. The van der Waals surface area contributed by atoms with Gasteiger partial charge in [0.25, 0.3) is 0 Å². The van der Waals surface area contributed by atoms with E-state index in [-0.39, 0.29) is 29.1 Å². The zero-order valence-corrected chi connectivity index (χ0v) is 22.0. The summed E-state index contributed by atoms with van der Waals surface area (Å²) in [6.45, 7) is 2.25. The van der Waals surface area contributed by atoms with Crippen LogP contribution in [0.4, 0.5) is 23.4 Å². The summed E-state index contributed by atoms with van der Waals surface area (Å²) in [5.41, 5.74) is 0.0356. The fourth-order valence-electron chi connectivity index (χ4n) is 4.20. The minimum atomic E-state index is -4.72. The Kier molecular flexibility index (Phi) is 7.14. The number of pyridine rings is 1. The van der Waals surface area contributed by atoms with Gasteiger partial charge in [-0.2, -0.15) is 23.4 Å². The van der Waals surface area contributed by atoms with Crippen LogP contribution in [-0.2, 0) is 19.1 Å². The molecule has 4 aromatic rings. The molecule has 9 nitrogen and oxygen atoms in total. The second-order valence-corrected chi connectivity index (χ2v) is 10.2. The van der Waals surface area contributed by atoms with Gasteiger partial charge in [0.15, 0.2) is 11.9 Å². The van der Waals surface area contributed by atoms with E-state index >= 15 is 0 Å². The number of halogens is 5. The van der Waals surface area contributed by atoms with Crippen molar-refractivity contribution in [2.75, 3.05) is 0 Å². The molecule has 3 aromatic heterocycles. The number of benzene rings is 1. The lowest BCUT2D eigenvalue weighted by atomic mass is 10.1.